The van der Waals surface area contributed by atoms with Crippen molar-refractivity contribution in [2.75, 3.05) is 20.3 Å². The van der Waals surface area contributed by atoms with Gasteiger partial charge < -0.3 is 39.9 Å². The zero-order valence-electron chi connectivity index (χ0n) is 11.7. The van der Waals surface area contributed by atoms with Crippen LogP contribution in [0.15, 0.2) is 0 Å². The first kappa shape index (κ1) is 17.2. The molecule has 10 heteroatoms. The Kier molecular flexibility index (Phi) is 6.04. The van der Waals surface area contributed by atoms with E-state index in [1.165, 1.54) is 14.6 Å². The number of hydrogen-bond acceptors (Lipinski definition) is 8. The van der Waals surface area contributed by atoms with Crippen molar-refractivity contribution in [1.82, 2.24) is 0 Å². The molecule has 0 saturated carbocycles. The van der Waals surface area contributed by atoms with Crippen LogP contribution in [-0.2, 0) is 18.9 Å². The summed E-state index contributed by atoms with van der Waals surface area (Å²) >= 11 is 0. The quantitative estimate of drug-likeness (QED) is 0.370. The predicted octanol–water partition coefficient (Wildman–Crippen LogP) is -3.70. The van der Waals surface area contributed by atoms with E-state index < -0.39 is 48.6 Å². The normalized spacial score (nSPS) is 46.9. The average Bonchev–Trinajstić information content (AvgIpc) is 2.89. The highest BCUT2D eigenvalue weighted by atomic mass is 16.6. The van der Waals surface area contributed by atoms with Gasteiger partial charge in [-0.2, -0.15) is 0 Å². The average molecular weight is 300 g/mol. The number of aliphatic hydroxyl groups is 3. The molecular weight excluding hydrogens is 280 g/mol. The highest BCUT2D eigenvalue weighted by Crippen LogP contribution is 2.23. The second kappa shape index (κ2) is 7.38. The third-order valence-corrected chi connectivity index (χ3v) is 3.80. The smallest absolute Gasteiger partial charge is 0.325 e. The van der Waals surface area contributed by atoms with Crippen molar-refractivity contribution >= 4 is 15.3 Å². The summed E-state index contributed by atoms with van der Waals surface area (Å²) in [7, 11) is 8.43. The maximum absolute atomic E-state index is 9.93. The minimum atomic E-state index is -0.959. The first-order valence-electron chi connectivity index (χ1n) is 6.76. The van der Waals surface area contributed by atoms with E-state index in [0.717, 1.165) is 0 Å². The first-order chi connectivity index (χ1) is 9.99. The van der Waals surface area contributed by atoms with Crippen LogP contribution >= 0.6 is 0 Å². The molecule has 0 spiro atoms. The van der Waals surface area contributed by atoms with Gasteiger partial charge in [0.15, 0.2) is 0 Å². The molecule has 0 amide bonds. The van der Waals surface area contributed by atoms with Gasteiger partial charge in [0.25, 0.3) is 0 Å². The number of hydrogen-bond donors (Lipinski definition) is 4. The fourth-order valence-electron chi connectivity index (χ4n) is 2.51. The van der Waals surface area contributed by atoms with Gasteiger partial charge in [-0.25, -0.2) is 0 Å². The van der Waals surface area contributed by atoms with Crippen molar-refractivity contribution < 1.29 is 34.2 Å². The molecule has 2 rings (SSSR count). The van der Waals surface area contributed by atoms with E-state index in [-0.39, 0.29) is 13.2 Å². The molecule has 21 heavy (non-hydrogen) atoms. The molecule has 0 aliphatic carbocycles. The molecule has 0 bridgehead atoms. The van der Waals surface area contributed by atoms with Gasteiger partial charge in [-0.05, 0) is 0 Å². The van der Waals surface area contributed by atoms with Crippen LogP contribution in [0.1, 0.15) is 0 Å². The van der Waals surface area contributed by atoms with E-state index >= 15 is 0 Å². The number of rotatable bonds is 6. The van der Waals surface area contributed by atoms with E-state index in [2.05, 4.69) is 0 Å². The van der Waals surface area contributed by atoms with Crippen molar-refractivity contribution in [3.8, 4) is 0 Å². The Morgan fingerprint density at radius 1 is 1.24 bits per heavy atom. The standard InChI is InChI=1S/C11H20B2NO7/c1-18-9-8(17)5(20-10(9)12)3-19-13-11-6(14)7(16)4(2-15)21-11/h4-11,15-17H,2-3,14H2,1H3/t4-,5-,6-,7-,8-,9-,10-,11-/m1/s1. The summed E-state index contributed by atoms with van der Waals surface area (Å²) in [5.74, 6) is 0. The maximum Gasteiger partial charge on any atom is 0.325 e. The Morgan fingerprint density at radius 2 is 1.95 bits per heavy atom. The zero-order chi connectivity index (χ0) is 15.6. The van der Waals surface area contributed by atoms with Gasteiger partial charge in [-0.1, -0.05) is 0 Å². The molecule has 2 heterocycles. The number of ether oxygens (including phenoxy) is 3. The Balaban J connectivity index is 1.75. The molecule has 8 atom stereocenters. The van der Waals surface area contributed by atoms with Crippen LogP contribution < -0.4 is 5.73 Å². The minimum Gasteiger partial charge on any atom is -0.435 e. The minimum absolute atomic E-state index is 0.0429. The van der Waals surface area contributed by atoms with Crippen molar-refractivity contribution in [3.63, 3.8) is 0 Å². The van der Waals surface area contributed by atoms with Crippen LogP contribution in [0.25, 0.3) is 0 Å². The molecule has 0 unspecified atom stereocenters. The molecule has 5 N–H and O–H groups in total. The third kappa shape index (κ3) is 3.59. The molecule has 2 aliphatic heterocycles. The summed E-state index contributed by atoms with van der Waals surface area (Å²) in [6, 6.07) is -2.06. The molecule has 2 saturated heterocycles. The summed E-state index contributed by atoms with van der Waals surface area (Å²) in [5, 5.41) is 28.6. The van der Waals surface area contributed by atoms with Gasteiger partial charge in [0.05, 0.1) is 31.4 Å². The molecule has 8 nitrogen and oxygen atoms in total. The first-order valence-corrected chi connectivity index (χ1v) is 6.76. The summed E-state index contributed by atoms with van der Waals surface area (Å²) in [6.07, 6.45) is -3.82. The van der Waals surface area contributed by atoms with Gasteiger partial charge >= 0.3 is 7.48 Å². The Morgan fingerprint density at radius 3 is 2.48 bits per heavy atom. The molecule has 2 fully saturated rings. The van der Waals surface area contributed by atoms with Crippen LogP contribution in [-0.4, -0.2) is 99.5 Å². The van der Waals surface area contributed by atoms with Gasteiger partial charge in [0.2, 0.25) is 0 Å². The largest absolute Gasteiger partial charge is 0.435 e. The SMILES string of the molecule is [B][C@@H]1O[C@H](CO[B][C@@H]2O[C@H](CO)[C@@H](O)[C@H]2N)[C@@H](O)[C@H]1OC. The van der Waals surface area contributed by atoms with Crippen molar-refractivity contribution in [2.45, 2.75) is 48.6 Å². The van der Waals surface area contributed by atoms with Crippen molar-refractivity contribution in [3.05, 3.63) is 0 Å². The lowest BCUT2D eigenvalue weighted by Gasteiger charge is -2.18. The lowest BCUT2D eigenvalue weighted by molar-refractivity contribution is -0.0179. The maximum atomic E-state index is 9.93. The van der Waals surface area contributed by atoms with Crippen LogP contribution in [0.2, 0.25) is 0 Å². The van der Waals surface area contributed by atoms with E-state index in [1.807, 2.05) is 0 Å². The summed E-state index contributed by atoms with van der Waals surface area (Å²) in [6.45, 7) is -0.283. The Labute approximate surface area is 125 Å². The second-order valence-corrected chi connectivity index (χ2v) is 5.19. The summed E-state index contributed by atoms with van der Waals surface area (Å²) in [4.78, 5) is 0. The number of aliphatic hydroxyl groups excluding tert-OH is 3. The zero-order valence-corrected chi connectivity index (χ0v) is 11.7. The highest BCUT2D eigenvalue weighted by Gasteiger charge is 2.43. The molecule has 0 aromatic heterocycles. The van der Waals surface area contributed by atoms with Crippen molar-refractivity contribution in [1.29, 1.82) is 0 Å². The monoisotopic (exact) mass is 300 g/mol. The Hall–Kier alpha value is -0.190. The highest BCUT2D eigenvalue weighted by molar-refractivity contribution is 6.29. The van der Waals surface area contributed by atoms with Crippen molar-refractivity contribution in [2.24, 2.45) is 5.73 Å². The van der Waals surface area contributed by atoms with Crippen LogP contribution in [0.5, 0.6) is 0 Å². The fraction of sp³-hybridized carbons (Fsp3) is 1.00. The summed E-state index contributed by atoms with van der Waals surface area (Å²) < 4.78 is 21.0. The van der Waals surface area contributed by atoms with E-state index in [1.54, 1.807) is 0 Å². The van der Waals surface area contributed by atoms with Crippen LogP contribution in [0.3, 0.4) is 0 Å². The lowest BCUT2D eigenvalue weighted by Crippen LogP contribution is -2.44. The van der Waals surface area contributed by atoms with E-state index in [9.17, 15) is 10.2 Å². The summed E-state index contributed by atoms with van der Waals surface area (Å²) in [5.41, 5.74) is 5.76. The van der Waals surface area contributed by atoms with E-state index in [4.69, 9.17) is 37.6 Å². The molecular formula is C11H20B2NO7. The topological polar surface area (TPSA) is 124 Å². The van der Waals surface area contributed by atoms with Crippen LogP contribution in [0.4, 0.5) is 0 Å². The van der Waals surface area contributed by atoms with Gasteiger partial charge in [-0.3, -0.25) is 0 Å². The molecule has 3 radical (unpaired) electrons. The lowest BCUT2D eigenvalue weighted by atomic mass is 9.84. The molecule has 0 aromatic rings. The number of methoxy groups -OCH3 is 1. The van der Waals surface area contributed by atoms with Gasteiger partial charge in [-0.15, -0.1) is 0 Å². The second-order valence-electron chi connectivity index (χ2n) is 5.19. The Bertz CT molecular complexity index is 338. The van der Waals surface area contributed by atoms with Gasteiger partial charge in [0, 0.05) is 13.1 Å². The fourth-order valence-corrected chi connectivity index (χ4v) is 2.51. The molecule has 0 aromatic carbocycles. The molecule has 117 valence electrons. The number of nitrogens with two attached hydrogens (primary N) is 1. The van der Waals surface area contributed by atoms with Crippen LogP contribution in [0, 0.1) is 0 Å². The molecule has 2 aliphatic rings. The van der Waals surface area contributed by atoms with Gasteiger partial charge in [0.1, 0.15) is 32.3 Å². The predicted molar refractivity (Wildman–Crippen MR) is 72.7 cm³/mol. The third-order valence-electron chi connectivity index (χ3n) is 3.80. The van der Waals surface area contributed by atoms with E-state index in [0.29, 0.717) is 0 Å².